The van der Waals surface area contributed by atoms with Crippen molar-refractivity contribution in [2.24, 2.45) is 4.99 Å². The van der Waals surface area contributed by atoms with Crippen LogP contribution < -0.4 is 0 Å². The van der Waals surface area contributed by atoms with Crippen LogP contribution in [-0.4, -0.2) is 21.8 Å². The minimum absolute atomic E-state index is 0.180. The summed E-state index contributed by atoms with van der Waals surface area (Å²) in [6.07, 6.45) is -1.36. The quantitative estimate of drug-likeness (QED) is 0.284. The Morgan fingerprint density at radius 3 is 2.08 bits per heavy atom. The topological polar surface area (TPSA) is 62.5 Å². The van der Waals surface area contributed by atoms with Gasteiger partial charge in [0.05, 0.1) is 17.0 Å². The maximum Gasteiger partial charge on any atom is 0.416 e. The van der Waals surface area contributed by atoms with Gasteiger partial charge in [0, 0.05) is 11.8 Å². The van der Waals surface area contributed by atoms with Crippen molar-refractivity contribution >= 4 is 22.9 Å². The Morgan fingerprint density at radius 1 is 0.861 bits per heavy atom. The van der Waals surface area contributed by atoms with Crippen LogP contribution in [0.4, 0.5) is 18.9 Å². The zero-order chi connectivity index (χ0) is 25.7. The first-order valence-corrected chi connectivity index (χ1v) is 11.0. The number of aromatic nitrogens is 1. The molecule has 0 atom stereocenters. The van der Waals surface area contributed by atoms with Gasteiger partial charge in [0.15, 0.2) is 0 Å². The van der Waals surface area contributed by atoms with E-state index in [1.807, 2.05) is 61.5 Å². The van der Waals surface area contributed by atoms with Crippen molar-refractivity contribution < 1.29 is 23.1 Å². The molecule has 0 unspecified atom stereocenters. The SMILES string of the molecule is C/C(=C\C(=Nc1ccnc(C(=O)O)c1)c1ccc(C(F)(F)F)cc1)c1ccc(-c2ccccc2)cc1. The number of rotatable bonds is 6. The molecule has 4 aromatic rings. The van der Waals surface area contributed by atoms with Gasteiger partial charge in [-0.15, -0.1) is 0 Å². The zero-order valence-corrected chi connectivity index (χ0v) is 19.2. The van der Waals surface area contributed by atoms with Crippen molar-refractivity contribution in [3.8, 4) is 11.1 Å². The molecular formula is C29H21F3N2O2. The van der Waals surface area contributed by atoms with E-state index in [1.54, 1.807) is 6.08 Å². The van der Waals surface area contributed by atoms with Crippen molar-refractivity contribution in [2.45, 2.75) is 13.1 Å². The molecule has 7 heteroatoms. The fraction of sp³-hybridized carbons (Fsp3) is 0.0690. The lowest BCUT2D eigenvalue weighted by molar-refractivity contribution is -0.137. The summed E-state index contributed by atoms with van der Waals surface area (Å²) < 4.78 is 39.2. The Morgan fingerprint density at radius 2 is 1.47 bits per heavy atom. The molecule has 1 aromatic heterocycles. The highest BCUT2D eigenvalue weighted by atomic mass is 19.4. The fourth-order valence-electron chi connectivity index (χ4n) is 3.60. The lowest BCUT2D eigenvalue weighted by Gasteiger charge is -2.10. The van der Waals surface area contributed by atoms with Crippen molar-refractivity contribution in [1.82, 2.24) is 4.98 Å². The predicted octanol–water partition coefficient (Wildman–Crippen LogP) is 7.69. The molecule has 0 aliphatic carbocycles. The van der Waals surface area contributed by atoms with Crippen LogP contribution in [0.25, 0.3) is 16.7 Å². The first-order chi connectivity index (χ1) is 17.2. The van der Waals surface area contributed by atoms with Crippen LogP contribution >= 0.6 is 0 Å². The van der Waals surface area contributed by atoms with E-state index < -0.39 is 17.7 Å². The van der Waals surface area contributed by atoms with Gasteiger partial charge in [0.2, 0.25) is 0 Å². The zero-order valence-electron chi connectivity index (χ0n) is 19.2. The van der Waals surface area contributed by atoms with Gasteiger partial charge in [-0.2, -0.15) is 13.2 Å². The summed E-state index contributed by atoms with van der Waals surface area (Å²) in [6.45, 7) is 1.88. The van der Waals surface area contributed by atoms with Crippen LogP contribution in [-0.2, 0) is 6.18 Å². The van der Waals surface area contributed by atoms with E-state index in [4.69, 9.17) is 0 Å². The van der Waals surface area contributed by atoms with Crippen LogP contribution in [0.3, 0.4) is 0 Å². The lowest BCUT2D eigenvalue weighted by Crippen LogP contribution is -2.06. The molecule has 0 saturated heterocycles. The Hall–Kier alpha value is -4.52. The number of allylic oxidation sites excluding steroid dienone is 2. The molecular weight excluding hydrogens is 465 g/mol. The van der Waals surface area contributed by atoms with Crippen LogP contribution in [0.15, 0.2) is 108 Å². The van der Waals surface area contributed by atoms with Crippen LogP contribution in [0.1, 0.15) is 34.1 Å². The lowest BCUT2D eigenvalue weighted by atomic mass is 9.99. The predicted molar refractivity (Wildman–Crippen MR) is 134 cm³/mol. The van der Waals surface area contributed by atoms with E-state index in [-0.39, 0.29) is 5.69 Å². The summed E-state index contributed by atoms with van der Waals surface area (Å²) in [6, 6.07) is 25.4. The van der Waals surface area contributed by atoms with E-state index in [2.05, 4.69) is 9.98 Å². The molecule has 36 heavy (non-hydrogen) atoms. The second kappa shape index (κ2) is 10.4. The van der Waals surface area contributed by atoms with Gasteiger partial charge in [-0.1, -0.05) is 66.7 Å². The van der Waals surface area contributed by atoms with Crippen molar-refractivity contribution in [1.29, 1.82) is 0 Å². The number of carboxylic acids is 1. The van der Waals surface area contributed by atoms with Gasteiger partial charge in [-0.3, -0.25) is 0 Å². The first-order valence-electron chi connectivity index (χ1n) is 11.0. The number of nitrogens with zero attached hydrogens (tertiary/aromatic N) is 2. The van der Waals surface area contributed by atoms with Gasteiger partial charge < -0.3 is 5.11 Å². The number of aliphatic imine (C=N–C) groups is 1. The molecule has 0 spiro atoms. The molecule has 0 amide bonds. The summed E-state index contributed by atoms with van der Waals surface area (Å²) in [7, 11) is 0. The Bertz CT molecular complexity index is 1420. The van der Waals surface area contributed by atoms with Crippen molar-refractivity contribution in [3.05, 3.63) is 126 Å². The third kappa shape index (κ3) is 5.93. The molecule has 0 aliphatic heterocycles. The number of alkyl halides is 3. The van der Waals surface area contributed by atoms with Crippen molar-refractivity contribution in [3.63, 3.8) is 0 Å². The highest BCUT2D eigenvalue weighted by Crippen LogP contribution is 2.30. The summed E-state index contributed by atoms with van der Waals surface area (Å²) in [5.41, 5.74) is 4.11. The molecule has 0 aliphatic rings. The van der Waals surface area contributed by atoms with E-state index >= 15 is 0 Å². The van der Waals surface area contributed by atoms with Gasteiger partial charge >= 0.3 is 12.1 Å². The Balaban J connectivity index is 1.73. The molecule has 4 rings (SSSR count). The van der Waals surface area contributed by atoms with Crippen LogP contribution in [0.2, 0.25) is 0 Å². The standard InChI is InChI=1S/C29H21F3N2O2/c1-19(20-7-9-22(10-8-20)21-5-3-2-4-6-21)17-26(23-11-13-24(14-12-23)29(30,31)32)34-25-15-16-33-27(18-25)28(35)36/h2-18H,1H3,(H,35,36)/b19-17+,34-26?. The van der Waals surface area contributed by atoms with Crippen molar-refractivity contribution in [2.75, 3.05) is 0 Å². The molecule has 4 nitrogen and oxygen atoms in total. The average molecular weight is 486 g/mol. The van der Waals surface area contributed by atoms with Gasteiger partial charge in [0.25, 0.3) is 0 Å². The van der Waals surface area contributed by atoms with Gasteiger partial charge in [-0.25, -0.2) is 14.8 Å². The molecule has 0 radical (unpaired) electrons. The molecule has 0 bridgehead atoms. The molecule has 0 fully saturated rings. The number of carbonyl (C=O) groups is 1. The summed E-state index contributed by atoms with van der Waals surface area (Å²) in [5, 5.41) is 9.24. The fourth-order valence-corrected chi connectivity index (χ4v) is 3.60. The highest BCUT2D eigenvalue weighted by molar-refractivity contribution is 6.13. The number of aromatic carboxylic acids is 1. The summed E-state index contributed by atoms with van der Waals surface area (Å²) in [5.74, 6) is -1.20. The largest absolute Gasteiger partial charge is 0.477 e. The molecule has 1 heterocycles. The number of halogens is 3. The molecule has 1 N–H and O–H groups in total. The number of hydrogen-bond donors (Lipinski definition) is 1. The second-order valence-corrected chi connectivity index (χ2v) is 8.05. The monoisotopic (exact) mass is 486 g/mol. The minimum atomic E-state index is -4.45. The maximum atomic E-state index is 13.1. The van der Waals surface area contributed by atoms with E-state index in [1.165, 1.54) is 30.5 Å². The van der Waals surface area contributed by atoms with E-state index in [0.717, 1.165) is 34.4 Å². The molecule has 0 saturated carbocycles. The maximum absolute atomic E-state index is 13.1. The normalized spacial score (nSPS) is 12.4. The van der Waals surface area contributed by atoms with Gasteiger partial charge in [-0.05, 0) is 59.5 Å². The number of benzene rings is 3. The summed E-state index contributed by atoms with van der Waals surface area (Å²) >= 11 is 0. The minimum Gasteiger partial charge on any atom is -0.477 e. The van der Waals surface area contributed by atoms with Gasteiger partial charge in [0.1, 0.15) is 5.69 Å². The third-order valence-electron chi connectivity index (χ3n) is 5.52. The second-order valence-electron chi connectivity index (χ2n) is 8.05. The average Bonchev–Trinajstić information content (AvgIpc) is 2.88. The smallest absolute Gasteiger partial charge is 0.416 e. The Labute approximate surface area is 206 Å². The van der Waals surface area contributed by atoms with Crippen LogP contribution in [0, 0.1) is 0 Å². The summed E-state index contributed by atoms with van der Waals surface area (Å²) in [4.78, 5) is 19.6. The Kier molecular flexibility index (Phi) is 7.10. The molecule has 180 valence electrons. The van der Waals surface area contributed by atoms with E-state index in [9.17, 15) is 23.1 Å². The highest BCUT2D eigenvalue weighted by Gasteiger charge is 2.30. The third-order valence-corrected chi connectivity index (χ3v) is 5.52. The first kappa shape index (κ1) is 24.6. The number of carboxylic acid groups (broad SMARTS) is 1. The number of pyridine rings is 1. The van der Waals surface area contributed by atoms with E-state index in [0.29, 0.717) is 17.0 Å². The molecule has 3 aromatic carbocycles. The van der Waals surface area contributed by atoms with Crippen LogP contribution in [0.5, 0.6) is 0 Å². The number of hydrogen-bond acceptors (Lipinski definition) is 3.